The number of carbonyl (C=O) groups is 1. The third-order valence-electron chi connectivity index (χ3n) is 2.56. The lowest BCUT2D eigenvalue weighted by molar-refractivity contribution is -0.384. The number of anilines is 1. The summed E-state index contributed by atoms with van der Waals surface area (Å²) in [6.07, 6.45) is -0.232. The van der Waals surface area contributed by atoms with Gasteiger partial charge in [0.25, 0.3) is 5.69 Å². The molecule has 0 fully saturated rings. The summed E-state index contributed by atoms with van der Waals surface area (Å²) in [4.78, 5) is 21.4. The van der Waals surface area contributed by atoms with Crippen LogP contribution in [0.15, 0.2) is 12.1 Å². The minimum absolute atomic E-state index is 0.00236. The summed E-state index contributed by atoms with van der Waals surface area (Å²) < 4.78 is 18.0. The highest BCUT2D eigenvalue weighted by Gasteiger charge is 2.22. The molecule has 0 spiro atoms. The molecular weight excluding hydrogens is 271 g/mol. The normalized spacial score (nSPS) is 11.8. The van der Waals surface area contributed by atoms with Crippen LogP contribution in [0.5, 0.6) is 0 Å². The maximum Gasteiger partial charge on any atom is 0.340 e. The smallest absolute Gasteiger partial charge is 0.340 e. The Hall–Kier alpha value is -2.22. The summed E-state index contributed by atoms with van der Waals surface area (Å²) in [5.74, 6) is -1.94. The second-order valence-electron chi connectivity index (χ2n) is 4.16. The molecule has 1 atom stereocenters. The van der Waals surface area contributed by atoms with E-state index in [1.54, 1.807) is 6.92 Å². The number of hydrogen-bond donors (Lipinski definition) is 2. The average molecular weight is 286 g/mol. The van der Waals surface area contributed by atoms with Crippen molar-refractivity contribution >= 4 is 17.3 Å². The summed E-state index contributed by atoms with van der Waals surface area (Å²) in [5, 5.41) is 22.7. The monoisotopic (exact) mass is 286 g/mol. The number of nitro groups is 1. The molecule has 0 aliphatic rings. The first-order valence-electron chi connectivity index (χ1n) is 5.85. The average Bonchev–Trinajstić information content (AvgIpc) is 2.38. The van der Waals surface area contributed by atoms with E-state index in [1.165, 1.54) is 0 Å². The Labute approximate surface area is 114 Å². The first-order chi connectivity index (χ1) is 9.36. The van der Waals surface area contributed by atoms with Crippen LogP contribution >= 0.6 is 0 Å². The molecule has 0 amide bonds. The Balaban J connectivity index is 3.10. The molecule has 0 aliphatic carbocycles. The van der Waals surface area contributed by atoms with E-state index in [-0.39, 0.29) is 12.2 Å². The third-order valence-corrected chi connectivity index (χ3v) is 2.56. The van der Waals surface area contributed by atoms with Crippen LogP contribution < -0.4 is 5.32 Å². The number of nitro benzene ring substituents is 1. The van der Waals surface area contributed by atoms with Gasteiger partial charge in [0.05, 0.1) is 29.8 Å². The van der Waals surface area contributed by atoms with Crippen molar-refractivity contribution in [3.63, 3.8) is 0 Å². The fourth-order valence-electron chi connectivity index (χ4n) is 1.54. The van der Waals surface area contributed by atoms with Crippen molar-refractivity contribution in [1.82, 2.24) is 0 Å². The maximum absolute atomic E-state index is 13.6. The van der Waals surface area contributed by atoms with E-state index in [9.17, 15) is 19.3 Å². The number of methoxy groups -OCH3 is 1. The molecule has 0 aliphatic heterocycles. The van der Waals surface area contributed by atoms with Crippen LogP contribution in [0, 0.1) is 15.9 Å². The van der Waals surface area contributed by atoms with Gasteiger partial charge in [-0.1, -0.05) is 0 Å². The predicted octanol–water partition coefficient (Wildman–Crippen LogP) is 1.70. The van der Waals surface area contributed by atoms with Crippen LogP contribution in [0.25, 0.3) is 0 Å². The molecule has 0 aromatic heterocycles. The van der Waals surface area contributed by atoms with Gasteiger partial charge in [0.1, 0.15) is 11.5 Å². The van der Waals surface area contributed by atoms with Crippen LogP contribution in [0.1, 0.15) is 23.7 Å². The number of esters is 1. The van der Waals surface area contributed by atoms with E-state index in [1.807, 2.05) is 0 Å². The molecule has 2 N–H and O–H groups in total. The van der Waals surface area contributed by atoms with Crippen LogP contribution in [0.3, 0.4) is 0 Å². The Morgan fingerprint density at radius 1 is 1.60 bits per heavy atom. The zero-order valence-corrected chi connectivity index (χ0v) is 11.1. The Morgan fingerprint density at radius 2 is 2.25 bits per heavy atom. The molecule has 110 valence electrons. The number of aliphatic hydroxyl groups excluding tert-OH is 1. The minimum Gasteiger partial charge on any atom is -0.465 e. The van der Waals surface area contributed by atoms with Gasteiger partial charge in [-0.05, 0) is 19.4 Å². The van der Waals surface area contributed by atoms with Crippen molar-refractivity contribution in [2.75, 3.05) is 19.0 Å². The Bertz CT molecular complexity index is 519. The number of benzene rings is 1. The lowest BCUT2D eigenvalue weighted by Gasteiger charge is -2.10. The number of halogens is 1. The molecule has 0 bridgehead atoms. The van der Waals surface area contributed by atoms with Crippen molar-refractivity contribution in [2.24, 2.45) is 0 Å². The first kappa shape index (κ1) is 15.8. The van der Waals surface area contributed by atoms with Crippen molar-refractivity contribution in [1.29, 1.82) is 0 Å². The molecule has 8 heteroatoms. The van der Waals surface area contributed by atoms with Crippen molar-refractivity contribution in [3.05, 3.63) is 33.6 Å². The van der Waals surface area contributed by atoms with Gasteiger partial charge in [0.2, 0.25) is 0 Å². The van der Waals surface area contributed by atoms with Gasteiger partial charge in [0.15, 0.2) is 0 Å². The molecule has 0 radical (unpaired) electrons. The maximum atomic E-state index is 13.6. The molecule has 1 aromatic carbocycles. The summed E-state index contributed by atoms with van der Waals surface area (Å²) in [7, 11) is 1.09. The fourth-order valence-corrected chi connectivity index (χ4v) is 1.54. The van der Waals surface area contributed by atoms with Crippen LogP contribution in [0.2, 0.25) is 0 Å². The largest absolute Gasteiger partial charge is 0.465 e. The molecule has 1 unspecified atom stereocenters. The van der Waals surface area contributed by atoms with Gasteiger partial charge in [-0.3, -0.25) is 10.1 Å². The van der Waals surface area contributed by atoms with Crippen molar-refractivity contribution < 1.29 is 24.0 Å². The third kappa shape index (κ3) is 3.89. The molecule has 0 heterocycles. The van der Waals surface area contributed by atoms with Gasteiger partial charge in [-0.25, -0.2) is 9.18 Å². The lowest BCUT2D eigenvalue weighted by Crippen LogP contribution is -2.12. The quantitative estimate of drug-likeness (QED) is 0.469. The van der Waals surface area contributed by atoms with Gasteiger partial charge >= 0.3 is 5.97 Å². The van der Waals surface area contributed by atoms with Gasteiger partial charge in [-0.2, -0.15) is 0 Å². The molecular formula is C12H15FN2O5. The molecule has 0 saturated heterocycles. The fraction of sp³-hybridized carbons (Fsp3) is 0.417. The second kappa shape index (κ2) is 6.80. The number of ether oxygens (including phenoxy) is 1. The predicted molar refractivity (Wildman–Crippen MR) is 69.2 cm³/mol. The van der Waals surface area contributed by atoms with Gasteiger partial charge in [0, 0.05) is 6.54 Å². The Kier molecular flexibility index (Phi) is 5.39. The summed E-state index contributed by atoms with van der Waals surface area (Å²) >= 11 is 0. The summed E-state index contributed by atoms with van der Waals surface area (Å²) in [5.41, 5.74) is -0.879. The first-order valence-corrected chi connectivity index (χ1v) is 5.85. The number of carbonyl (C=O) groups excluding carboxylic acids is 1. The minimum atomic E-state index is -1.02. The highest BCUT2D eigenvalue weighted by Crippen LogP contribution is 2.28. The Morgan fingerprint density at radius 3 is 2.75 bits per heavy atom. The van der Waals surface area contributed by atoms with Crippen molar-refractivity contribution in [2.45, 2.75) is 19.4 Å². The molecule has 0 saturated carbocycles. The zero-order chi connectivity index (χ0) is 15.3. The van der Waals surface area contributed by atoms with E-state index in [0.29, 0.717) is 12.5 Å². The van der Waals surface area contributed by atoms with Crippen LogP contribution in [-0.4, -0.2) is 35.8 Å². The van der Waals surface area contributed by atoms with E-state index < -0.39 is 34.1 Å². The highest BCUT2D eigenvalue weighted by atomic mass is 19.1. The SMILES string of the molecule is COC(=O)c1cc(NCCC(C)O)c([N+](=O)[O-])cc1F. The molecule has 7 nitrogen and oxygen atoms in total. The van der Waals surface area contributed by atoms with Crippen molar-refractivity contribution in [3.8, 4) is 0 Å². The van der Waals surface area contributed by atoms with E-state index >= 15 is 0 Å². The number of hydrogen-bond acceptors (Lipinski definition) is 6. The van der Waals surface area contributed by atoms with E-state index in [4.69, 9.17) is 5.11 Å². The second-order valence-corrected chi connectivity index (χ2v) is 4.16. The molecule has 20 heavy (non-hydrogen) atoms. The molecule has 1 rings (SSSR count). The van der Waals surface area contributed by atoms with E-state index in [0.717, 1.165) is 13.2 Å². The number of nitrogens with zero attached hydrogens (tertiary/aromatic N) is 1. The number of rotatable bonds is 6. The standard InChI is InChI=1S/C12H15FN2O5/c1-7(16)3-4-14-10-5-8(12(17)20-2)9(13)6-11(10)15(18)19/h5-7,14,16H,3-4H2,1-2H3. The van der Waals surface area contributed by atoms with Gasteiger partial charge in [-0.15, -0.1) is 0 Å². The number of aliphatic hydroxyl groups is 1. The van der Waals surface area contributed by atoms with Crippen LogP contribution in [0.4, 0.5) is 15.8 Å². The van der Waals surface area contributed by atoms with Gasteiger partial charge < -0.3 is 15.2 Å². The van der Waals surface area contributed by atoms with Crippen LogP contribution in [-0.2, 0) is 4.74 Å². The lowest BCUT2D eigenvalue weighted by atomic mass is 10.1. The molecule has 1 aromatic rings. The van der Waals surface area contributed by atoms with E-state index in [2.05, 4.69) is 10.1 Å². The summed E-state index contributed by atoms with van der Waals surface area (Å²) in [6.45, 7) is 1.81. The topological polar surface area (TPSA) is 102 Å². The highest BCUT2D eigenvalue weighted by molar-refractivity contribution is 5.91. The zero-order valence-electron chi connectivity index (χ0n) is 11.1. The number of nitrogens with one attached hydrogen (secondary N) is 1. The summed E-state index contributed by atoms with van der Waals surface area (Å²) in [6, 6.07) is 1.69.